The molecule has 0 aliphatic rings. The second kappa shape index (κ2) is 6.78. The van der Waals surface area contributed by atoms with E-state index in [4.69, 9.17) is 0 Å². The maximum absolute atomic E-state index is 12.5. The average molecular weight is 364 g/mol. The molecule has 0 radical (unpaired) electrons. The van der Waals surface area contributed by atoms with E-state index in [1.165, 1.54) is 10.9 Å². The molecule has 3 rings (SSSR count). The van der Waals surface area contributed by atoms with Crippen LogP contribution < -0.4 is 10.9 Å². The molecule has 11 heteroatoms. The van der Waals surface area contributed by atoms with Crippen molar-refractivity contribution in [2.75, 3.05) is 0 Å². The van der Waals surface area contributed by atoms with Crippen LogP contribution in [0.4, 0.5) is 13.2 Å². The van der Waals surface area contributed by atoms with E-state index in [1.807, 2.05) is 0 Å². The van der Waals surface area contributed by atoms with Gasteiger partial charge < -0.3 is 5.32 Å². The number of hydrogen-bond acceptors (Lipinski definition) is 5. The summed E-state index contributed by atoms with van der Waals surface area (Å²) < 4.78 is 38.7. The van der Waals surface area contributed by atoms with Crippen LogP contribution in [0.15, 0.2) is 47.8 Å². The topological polar surface area (TPSA) is 106 Å². The minimum atomic E-state index is -4.48. The number of nitrogens with zero attached hydrogens (tertiary/aromatic N) is 4. The third kappa shape index (κ3) is 3.77. The van der Waals surface area contributed by atoms with Gasteiger partial charge in [-0.15, -0.1) is 0 Å². The minimum Gasteiger partial charge on any atom is -0.346 e. The molecule has 0 unspecified atom stereocenters. The Morgan fingerprint density at radius 2 is 2.04 bits per heavy atom. The van der Waals surface area contributed by atoms with E-state index in [2.05, 4.69) is 25.4 Å². The number of halogens is 3. The fourth-order valence-electron chi connectivity index (χ4n) is 2.02. The number of carbonyl (C=O) groups excluding carboxylic acids is 1. The summed E-state index contributed by atoms with van der Waals surface area (Å²) >= 11 is 0. The predicted octanol–water partition coefficient (Wildman–Crippen LogP) is 1.30. The van der Waals surface area contributed by atoms with Crippen molar-refractivity contribution < 1.29 is 18.0 Å². The van der Waals surface area contributed by atoms with E-state index >= 15 is 0 Å². The molecule has 0 fully saturated rings. The maximum atomic E-state index is 12.5. The molecule has 0 atom stereocenters. The highest BCUT2D eigenvalue weighted by Gasteiger charge is 2.30. The van der Waals surface area contributed by atoms with Gasteiger partial charge in [-0.2, -0.15) is 18.3 Å². The second-order valence-corrected chi connectivity index (χ2v) is 5.12. The number of aromatic nitrogens is 5. The SMILES string of the molecule is O=C(NCc1ccc(C(F)(F)F)cn1)c1cnc(-n2cccn2)[nH]c1=O. The van der Waals surface area contributed by atoms with E-state index in [9.17, 15) is 22.8 Å². The fourth-order valence-corrected chi connectivity index (χ4v) is 2.02. The first kappa shape index (κ1) is 17.3. The van der Waals surface area contributed by atoms with Crippen molar-refractivity contribution in [3.05, 3.63) is 70.2 Å². The summed E-state index contributed by atoms with van der Waals surface area (Å²) in [6.45, 7) is -0.142. The Morgan fingerprint density at radius 1 is 1.23 bits per heavy atom. The summed E-state index contributed by atoms with van der Waals surface area (Å²) in [5.74, 6) is -0.589. The fraction of sp³-hybridized carbons (Fsp3) is 0.133. The highest BCUT2D eigenvalue weighted by atomic mass is 19.4. The number of aromatic amines is 1. The molecular formula is C15H11F3N6O2. The smallest absolute Gasteiger partial charge is 0.346 e. The molecule has 0 saturated heterocycles. The molecule has 8 nitrogen and oxygen atoms in total. The lowest BCUT2D eigenvalue weighted by molar-refractivity contribution is -0.137. The molecule has 0 spiro atoms. The zero-order chi connectivity index (χ0) is 18.7. The maximum Gasteiger partial charge on any atom is 0.417 e. The third-order valence-electron chi connectivity index (χ3n) is 3.33. The van der Waals surface area contributed by atoms with E-state index < -0.39 is 23.2 Å². The molecule has 134 valence electrons. The van der Waals surface area contributed by atoms with Crippen molar-refractivity contribution in [2.24, 2.45) is 0 Å². The van der Waals surface area contributed by atoms with Gasteiger partial charge in [0.15, 0.2) is 0 Å². The minimum absolute atomic E-state index is 0.140. The zero-order valence-electron chi connectivity index (χ0n) is 13.0. The molecule has 0 aliphatic heterocycles. The molecule has 1 amide bonds. The van der Waals surface area contributed by atoms with Gasteiger partial charge in [-0.25, -0.2) is 9.67 Å². The van der Waals surface area contributed by atoms with Crippen LogP contribution in [0.5, 0.6) is 0 Å². The van der Waals surface area contributed by atoms with Crippen LogP contribution >= 0.6 is 0 Å². The molecule has 0 saturated carbocycles. The number of pyridine rings is 1. The normalized spacial score (nSPS) is 11.3. The first-order valence-corrected chi connectivity index (χ1v) is 7.24. The van der Waals surface area contributed by atoms with E-state index in [0.29, 0.717) is 6.20 Å². The summed E-state index contributed by atoms with van der Waals surface area (Å²) in [5, 5.41) is 6.30. The molecule has 3 aromatic rings. The number of alkyl halides is 3. The van der Waals surface area contributed by atoms with Gasteiger partial charge in [-0.05, 0) is 18.2 Å². The van der Waals surface area contributed by atoms with Gasteiger partial charge in [0, 0.05) is 24.8 Å². The van der Waals surface area contributed by atoms with Crippen LogP contribution in [-0.4, -0.2) is 30.6 Å². The average Bonchev–Trinajstić information content (AvgIpc) is 3.14. The summed E-state index contributed by atoms with van der Waals surface area (Å²) in [4.78, 5) is 34.1. The van der Waals surface area contributed by atoms with Gasteiger partial charge in [0.2, 0.25) is 5.95 Å². The van der Waals surface area contributed by atoms with Crippen LogP contribution in [0.1, 0.15) is 21.6 Å². The highest BCUT2D eigenvalue weighted by molar-refractivity contribution is 5.93. The Bertz CT molecular complexity index is 964. The molecule has 0 bridgehead atoms. The summed E-state index contributed by atoms with van der Waals surface area (Å²) in [6, 6.07) is 3.64. The van der Waals surface area contributed by atoms with Gasteiger partial charge in [-0.3, -0.25) is 19.6 Å². The quantitative estimate of drug-likeness (QED) is 0.726. The van der Waals surface area contributed by atoms with Crippen molar-refractivity contribution in [3.8, 4) is 5.95 Å². The molecule has 2 N–H and O–H groups in total. The van der Waals surface area contributed by atoms with Crippen molar-refractivity contribution in [2.45, 2.75) is 12.7 Å². The number of hydrogen-bond donors (Lipinski definition) is 2. The summed E-state index contributed by atoms with van der Waals surface area (Å²) in [5.41, 5.74) is -1.59. The van der Waals surface area contributed by atoms with Crippen molar-refractivity contribution in [3.63, 3.8) is 0 Å². The summed E-state index contributed by atoms with van der Waals surface area (Å²) in [7, 11) is 0. The largest absolute Gasteiger partial charge is 0.417 e. The van der Waals surface area contributed by atoms with E-state index in [0.717, 1.165) is 18.3 Å². The van der Waals surface area contributed by atoms with E-state index in [-0.39, 0.29) is 23.8 Å². The van der Waals surface area contributed by atoms with Gasteiger partial charge in [0.1, 0.15) is 5.56 Å². The summed E-state index contributed by atoms with van der Waals surface area (Å²) in [6.07, 6.45) is 0.343. The van der Waals surface area contributed by atoms with Crippen LogP contribution in [0.25, 0.3) is 5.95 Å². The molecule has 3 aromatic heterocycles. The third-order valence-corrected chi connectivity index (χ3v) is 3.33. The predicted molar refractivity (Wildman–Crippen MR) is 82.4 cm³/mol. The van der Waals surface area contributed by atoms with E-state index in [1.54, 1.807) is 12.3 Å². The Labute approximate surface area is 143 Å². The lowest BCUT2D eigenvalue weighted by Gasteiger charge is -2.08. The lowest BCUT2D eigenvalue weighted by Crippen LogP contribution is -2.30. The van der Waals surface area contributed by atoms with Gasteiger partial charge in [0.05, 0.1) is 17.8 Å². The Hall–Kier alpha value is -3.50. The second-order valence-electron chi connectivity index (χ2n) is 5.12. The molecule has 0 aliphatic carbocycles. The standard InChI is InChI=1S/C15H11F3N6O2/c16-15(17,18)9-2-3-10(19-6-9)7-20-12(25)11-8-21-14(23-13(11)26)24-5-1-4-22-24/h1-6,8H,7H2,(H,20,25)(H,21,23,26). The monoisotopic (exact) mass is 364 g/mol. The van der Waals surface area contributed by atoms with Crippen molar-refractivity contribution in [1.82, 2.24) is 30.0 Å². The lowest BCUT2D eigenvalue weighted by atomic mass is 10.2. The number of H-pyrrole nitrogens is 1. The molecular weight excluding hydrogens is 353 g/mol. The van der Waals surface area contributed by atoms with Crippen molar-refractivity contribution >= 4 is 5.91 Å². The molecule has 3 heterocycles. The van der Waals surface area contributed by atoms with Crippen LogP contribution in [0.3, 0.4) is 0 Å². The van der Waals surface area contributed by atoms with Gasteiger partial charge in [-0.1, -0.05) is 0 Å². The first-order valence-electron chi connectivity index (χ1n) is 7.24. The van der Waals surface area contributed by atoms with Crippen LogP contribution in [0, 0.1) is 0 Å². The number of rotatable bonds is 4. The Morgan fingerprint density at radius 3 is 2.62 bits per heavy atom. The Balaban J connectivity index is 1.68. The molecule has 26 heavy (non-hydrogen) atoms. The van der Waals surface area contributed by atoms with Crippen molar-refractivity contribution in [1.29, 1.82) is 0 Å². The Kier molecular flexibility index (Phi) is 4.52. The highest BCUT2D eigenvalue weighted by Crippen LogP contribution is 2.28. The number of amides is 1. The van der Waals surface area contributed by atoms with Gasteiger partial charge in [0.25, 0.3) is 11.5 Å². The van der Waals surface area contributed by atoms with Crippen LogP contribution in [0.2, 0.25) is 0 Å². The first-order chi connectivity index (χ1) is 12.3. The number of carbonyl (C=O) groups is 1. The van der Waals surface area contributed by atoms with Crippen LogP contribution in [-0.2, 0) is 12.7 Å². The zero-order valence-corrected chi connectivity index (χ0v) is 13.0. The van der Waals surface area contributed by atoms with Gasteiger partial charge >= 0.3 is 6.18 Å². The number of nitrogens with one attached hydrogen (secondary N) is 2. The molecule has 0 aromatic carbocycles.